The van der Waals surface area contributed by atoms with Crippen molar-refractivity contribution in [3.63, 3.8) is 0 Å². The Morgan fingerprint density at radius 3 is 3.00 bits per heavy atom. The number of hydrogen-bond acceptors (Lipinski definition) is 2. The average Bonchev–Trinajstić information content (AvgIpc) is 2.81. The molecule has 0 aromatic heterocycles. The lowest BCUT2D eigenvalue weighted by Gasteiger charge is -2.19. The zero-order chi connectivity index (χ0) is 12.0. The predicted molar refractivity (Wildman–Crippen MR) is 63.1 cm³/mol. The van der Waals surface area contributed by atoms with E-state index in [4.69, 9.17) is 5.26 Å². The van der Waals surface area contributed by atoms with Gasteiger partial charge in [-0.2, -0.15) is 5.26 Å². The molecule has 17 heavy (non-hydrogen) atoms. The van der Waals surface area contributed by atoms with E-state index in [9.17, 15) is 4.79 Å². The van der Waals surface area contributed by atoms with E-state index < -0.39 is 0 Å². The van der Waals surface area contributed by atoms with Crippen LogP contribution < -0.4 is 0 Å². The van der Waals surface area contributed by atoms with Crippen molar-refractivity contribution in [2.45, 2.75) is 18.4 Å². The third kappa shape index (κ3) is 1.24. The quantitative estimate of drug-likeness (QED) is 0.537. The molecule has 1 heterocycles. The molecule has 84 valence electrons. The van der Waals surface area contributed by atoms with Crippen LogP contribution in [-0.2, 0) is 11.2 Å². The fourth-order valence-corrected chi connectivity index (χ4v) is 3.02. The maximum atomic E-state index is 12.0. The Balaban J connectivity index is 2.06. The molecule has 3 heteroatoms. The summed E-state index contributed by atoms with van der Waals surface area (Å²) < 4.78 is 0. The molecule has 2 unspecified atom stereocenters. The van der Waals surface area contributed by atoms with Crippen molar-refractivity contribution >= 4 is 5.91 Å². The highest BCUT2D eigenvalue weighted by Gasteiger charge is 2.47. The number of fused-ring (bicyclic) bond motifs is 3. The molecule has 0 saturated carbocycles. The van der Waals surface area contributed by atoms with E-state index in [2.05, 4.69) is 24.8 Å². The first-order valence-electron chi connectivity index (χ1n) is 5.68. The first-order valence-corrected chi connectivity index (χ1v) is 5.68. The number of likely N-dealkylation sites (tertiary alicyclic amines) is 1. The Bertz CT molecular complexity index is 556. The normalized spacial score (nSPS) is 25.7. The van der Waals surface area contributed by atoms with Crippen molar-refractivity contribution in [3.8, 4) is 6.07 Å². The smallest absolute Gasteiger partial charge is 0.251 e. The lowest BCUT2D eigenvalue weighted by molar-refractivity contribution is -0.125. The Labute approximate surface area is 100.0 Å². The average molecular weight is 224 g/mol. The van der Waals surface area contributed by atoms with E-state index in [1.807, 2.05) is 12.1 Å². The van der Waals surface area contributed by atoms with Gasteiger partial charge in [-0.05, 0) is 17.5 Å². The summed E-state index contributed by atoms with van der Waals surface area (Å²) in [7, 11) is 0. The van der Waals surface area contributed by atoms with Crippen LogP contribution in [0.15, 0.2) is 36.4 Å². The second-order valence-electron chi connectivity index (χ2n) is 4.56. The van der Waals surface area contributed by atoms with E-state index in [1.165, 1.54) is 11.1 Å². The molecule has 0 bridgehead atoms. The molecule has 3 nitrogen and oxygen atoms in total. The van der Waals surface area contributed by atoms with Crippen LogP contribution in [0.25, 0.3) is 0 Å². The summed E-state index contributed by atoms with van der Waals surface area (Å²) in [5, 5.41) is 8.79. The minimum absolute atomic E-state index is 0.0592. The van der Waals surface area contributed by atoms with Crippen LogP contribution in [0.3, 0.4) is 0 Å². The molecule has 1 aromatic rings. The van der Waals surface area contributed by atoms with Crippen molar-refractivity contribution < 1.29 is 4.79 Å². The SMILES string of the molecule is C=C1C(=O)N(CC#N)C2Cc3ccccc3C12. The fourth-order valence-electron chi connectivity index (χ4n) is 3.02. The second-order valence-corrected chi connectivity index (χ2v) is 4.56. The van der Waals surface area contributed by atoms with Crippen molar-refractivity contribution in [1.29, 1.82) is 5.26 Å². The largest absolute Gasteiger partial charge is 0.321 e. The van der Waals surface area contributed by atoms with E-state index >= 15 is 0 Å². The number of carbonyl (C=O) groups is 1. The molecular weight excluding hydrogens is 212 g/mol. The van der Waals surface area contributed by atoms with E-state index in [0.717, 1.165) is 6.42 Å². The molecule has 1 amide bonds. The molecule has 3 rings (SSSR count). The van der Waals surface area contributed by atoms with Gasteiger partial charge in [0.05, 0.1) is 6.07 Å². The number of hydrogen-bond donors (Lipinski definition) is 0. The molecule has 0 N–H and O–H groups in total. The summed E-state index contributed by atoms with van der Waals surface area (Å²) in [5.74, 6) is 0.0307. The lowest BCUT2D eigenvalue weighted by Crippen LogP contribution is -2.34. The number of amides is 1. The molecule has 0 radical (unpaired) electrons. The van der Waals surface area contributed by atoms with Crippen molar-refractivity contribution in [3.05, 3.63) is 47.5 Å². The fraction of sp³-hybridized carbons (Fsp3) is 0.286. The van der Waals surface area contributed by atoms with Crippen molar-refractivity contribution in [2.75, 3.05) is 6.54 Å². The maximum Gasteiger partial charge on any atom is 0.251 e. The van der Waals surface area contributed by atoms with Crippen LogP contribution in [0.1, 0.15) is 17.0 Å². The topological polar surface area (TPSA) is 44.1 Å². The van der Waals surface area contributed by atoms with Gasteiger partial charge in [-0.25, -0.2) is 0 Å². The van der Waals surface area contributed by atoms with Crippen LogP contribution in [-0.4, -0.2) is 23.4 Å². The van der Waals surface area contributed by atoms with Crippen LogP contribution in [0, 0.1) is 11.3 Å². The maximum absolute atomic E-state index is 12.0. The highest BCUT2D eigenvalue weighted by molar-refractivity contribution is 5.98. The Morgan fingerprint density at radius 2 is 2.24 bits per heavy atom. The Kier molecular flexibility index (Phi) is 2.05. The van der Waals surface area contributed by atoms with Crippen molar-refractivity contribution in [2.24, 2.45) is 0 Å². The predicted octanol–water partition coefficient (Wildman–Crippen LogP) is 1.62. The third-order valence-electron chi connectivity index (χ3n) is 3.76. The monoisotopic (exact) mass is 224 g/mol. The van der Waals surface area contributed by atoms with Gasteiger partial charge in [-0.15, -0.1) is 0 Å². The number of nitrogens with zero attached hydrogens (tertiary/aromatic N) is 2. The molecule has 2 atom stereocenters. The third-order valence-corrected chi connectivity index (χ3v) is 3.76. The number of carbonyl (C=O) groups excluding carboxylic acids is 1. The minimum atomic E-state index is -0.0592. The van der Waals surface area contributed by atoms with Gasteiger partial charge in [-0.1, -0.05) is 30.8 Å². The van der Waals surface area contributed by atoms with Gasteiger partial charge in [0, 0.05) is 17.5 Å². The van der Waals surface area contributed by atoms with Gasteiger partial charge in [0.1, 0.15) is 6.54 Å². The molecule has 1 aliphatic carbocycles. The van der Waals surface area contributed by atoms with Crippen LogP contribution in [0.4, 0.5) is 0 Å². The Morgan fingerprint density at radius 1 is 1.47 bits per heavy atom. The van der Waals surface area contributed by atoms with Crippen LogP contribution in [0.2, 0.25) is 0 Å². The Hall–Kier alpha value is -2.08. The molecule has 2 aliphatic rings. The van der Waals surface area contributed by atoms with Gasteiger partial charge in [0.2, 0.25) is 0 Å². The van der Waals surface area contributed by atoms with Gasteiger partial charge >= 0.3 is 0 Å². The standard InChI is InChI=1S/C14H12N2O/c1-9-13-11-5-3-2-4-10(11)8-12(13)16(7-6-15)14(9)17/h2-5,12-13H,1,7-8H2. The van der Waals surface area contributed by atoms with E-state index in [0.29, 0.717) is 5.57 Å². The zero-order valence-electron chi connectivity index (χ0n) is 9.39. The molecule has 1 aliphatic heterocycles. The molecule has 1 fully saturated rings. The van der Waals surface area contributed by atoms with Crippen molar-refractivity contribution in [1.82, 2.24) is 4.90 Å². The highest BCUT2D eigenvalue weighted by atomic mass is 16.2. The number of rotatable bonds is 1. The lowest BCUT2D eigenvalue weighted by atomic mass is 9.94. The van der Waals surface area contributed by atoms with Gasteiger partial charge < -0.3 is 4.90 Å². The van der Waals surface area contributed by atoms with Crippen LogP contribution in [0.5, 0.6) is 0 Å². The summed E-state index contributed by atoms with van der Waals surface area (Å²) in [6, 6.07) is 10.3. The zero-order valence-corrected chi connectivity index (χ0v) is 9.39. The second kappa shape index (κ2) is 3.46. The summed E-state index contributed by atoms with van der Waals surface area (Å²) >= 11 is 0. The molecular formula is C14H12N2O. The van der Waals surface area contributed by atoms with Gasteiger partial charge in [0.15, 0.2) is 0 Å². The molecule has 1 saturated heterocycles. The first kappa shape index (κ1) is 10.1. The highest BCUT2D eigenvalue weighted by Crippen LogP contribution is 2.45. The molecule has 0 spiro atoms. The summed E-state index contributed by atoms with van der Waals surface area (Å²) in [6.07, 6.45) is 0.841. The van der Waals surface area contributed by atoms with Gasteiger partial charge in [0.25, 0.3) is 5.91 Å². The summed E-state index contributed by atoms with van der Waals surface area (Å²) in [5.41, 5.74) is 3.12. The number of nitriles is 1. The van der Waals surface area contributed by atoms with Gasteiger partial charge in [-0.3, -0.25) is 4.79 Å². The van der Waals surface area contributed by atoms with E-state index in [1.54, 1.807) is 4.90 Å². The minimum Gasteiger partial charge on any atom is -0.321 e. The number of benzene rings is 1. The van der Waals surface area contributed by atoms with Crippen LogP contribution >= 0.6 is 0 Å². The molecule has 1 aromatic carbocycles. The van der Waals surface area contributed by atoms with E-state index in [-0.39, 0.29) is 24.4 Å². The summed E-state index contributed by atoms with van der Waals surface area (Å²) in [6.45, 7) is 4.07. The first-order chi connectivity index (χ1) is 8.24. The summed E-state index contributed by atoms with van der Waals surface area (Å²) in [4.78, 5) is 13.7.